The van der Waals surface area contributed by atoms with Crippen molar-refractivity contribution in [2.45, 2.75) is 25.8 Å². The number of para-hydroxylation sites is 1. The minimum atomic E-state index is -0.299. The van der Waals surface area contributed by atoms with Crippen molar-refractivity contribution in [1.29, 1.82) is 0 Å². The fourth-order valence-electron chi connectivity index (χ4n) is 2.69. The molecule has 0 fully saturated rings. The Morgan fingerprint density at radius 3 is 2.90 bits per heavy atom. The van der Waals surface area contributed by atoms with Crippen LogP contribution in [0.3, 0.4) is 0 Å². The highest BCUT2D eigenvalue weighted by molar-refractivity contribution is 6.17. The lowest BCUT2D eigenvalue weighted by Crippen LogP contribution is -2.12. The maximum absolute atomic E-state index is 13.9. The van der Waals surface area contributed by atoms with Gasteiger partial charge in [0, 0.05) is 24.8 Å². The summed E-state index contributed by atoms with van der Waals surface area (Å²) >= 11 is 5.86. The van der Waals surface area contributed by atoms with Crippen molar-refractivity contribution in [3.8, 4) is 0 Å². The van der Waals surface area contributed by atoms with E-state index in [9.17, 15) is 4.39 Å². The highest BCUT2D eigenvalue weighted by Gasteiger charge is 2.18. The third kappa shape index (κ3) is 2.68. The number of imidazole rings is 1. The van der Waals surface area contributed by atoms with Crippen molar-refractivity contribution < 1.29 is 8.81 Å². The molecule has 1 unspecified atom stereocenters. The molecule has 0 aliphatic rings. The summed E-state index contributed by atoms with van der Waals surface area (Å²) in [6.07, 6.45) is 3.00. The van der Waals surface area contributed by atoms with E-state index in [1.807, 2.05) is 18.2 Å². The summed E-state index contributed by atoms with van der Waals surface area (Å²) in [6, 6.07) is 8.95. The molecule has 0 saturated heterocycles. The van der Waals surface area contributed by atoms with E-state index in [0.29, 0.717) is 17.8 Å². The van der Waals surface area contributed by atoms with Crippen LogP contribution in [0, 0.1) is 5.82 Å². The monoisotopic (exact) mass is 306 g/mol. The zero-order chi connectivity index (χ0) is 14.8. The van der Waals surface area contributed by atoms with E-state index in [4.69, 9.17) is 16.0 Å². The van der Waals surface area contributed by atoms with E-state index in [1.54, 1.807) is 12.3 Å². The van der Waals surface area contributed by atoms with E-state index in [0.717, 1.165) is 23.5 Å². The first-order valence-electron chi connectivity index (χ1n) is 6.94. The molecular weight excluding hydrogens is 291 g/mol. The normalized spacial score (nSPS) is 12.9. The van der Waals surface area contributed by atoms with Crippen LogP contribution in [0.25, 0.3) is 11.0 Å². The molecule has 3 rings (SSSR count). The molecule has 0 amide bonds. The van der Waals surface area contributed by atoms with Gasteiger partial charge in [-0.3, -0.25) is 0 Å². The van der Waals surface area contributed by atoms with Crippen LogP contribution in [0.1, 0.15) is 24.6 Å². The lowest BCUT2D eigenvalue weighted by Gasteiger charge is -2.16. The Balaban J connectivity index is 2.06. The predicted molar refractivity (Wildman–Crippen MR) is 81.2 cm³/mol. The molecule has 0 aliphatic heterocycles. The summed E-state index contributed by atoms with van der Waals surface area (Å²) in [6.45, 7) is 2.08. The van der Waals surface area contributed by atoms with Crippen LogP contribution in [0.5, 0.6) is 0 Å². The second-order valence-corrected chi connectivity index (χ2v) is 5.46. The zero-order valence-corrected chi connectivity index (χ0v) is 12.5. The molecule has 21 heavy (non-hydrogen) atoms. The molecule has 0 N–H and O–H groups in total. The lowest BCUT2D eigenvalue weighted by molar-refractivity contribution is 0.447. The van der Waals surface area contributed by atoms with Gasteiger partial charge < -0.3 is 8.98 Å². The van der Waals surface area contributed by atoms with Gasteiger partial charge in [-0.2, -0.15) is 0 Å². The minimum absolute atomic E-state index is 0.112. The molecule has 2 heterocycles. The number of fused-ring (bicyclic) bond motifs is 1. The van der Waals surface area contributed by atoms with Gasteiger partial charge in [0.05, 0.1) is 11.8 Å². The number of hydrogen-bond donors (Lipinski definition) is 0. The molecule has 1 atom stereocenters. The SMILES string of the molecule is CC(Cc1ccco1)n1c(CCCl)nc2c(F)cccc21. The smallest absolute Gasteiger partial charge is 0.151 e. The van der Waals surface area contributed by atoms with Gasteiger partial charge in [0.25, 0.3) is 0 Å². The average Bonchev–Trinajstić information content (AvgIpc) is 3.07. The number of alkyl halides is 1. The summed E-state index contributed by atoms with van der Waals surface area (Å²) in [4.78, 5) is 4.43. The molecule has 110 valence electrons. The Kier molecular flexibility index (Phi) is 3.97. The summed E-state index contributed by atoms with van der Waals surface area (Å²) in [7, 11) is 0. The zero-order valence-electron chi connectivity index (χ0n) is 11.7. The first-order valence-corrected chi connectivity index (χ1v) is 7.48. The molecular formula is C16H16ClFN2O. The largest absolute Gasteiger partial charge is 0.469 e. The number of rotatable bonds is 5. The molecule has 1 aromatic carbocycles. The maximum atomic E-state index is 13.9. The Morgan fingerprint density at radius 2 is 2.19 bits per heavy atom. The molecule has 3 nitrogen and oxygen atoms in total. The predicted octanol–water partition coefficient (Wildman–Crippen LogP) is 4.35. The summed E-state index contributed by atoms with van der Waals surface area (Å²) in [5, 5.41) is 0. The molecule has 0 radical (unpaired) electrons. The number of aryl methyl sites for hydroxylation is 1. The highest BCUT2D eigenvalue weighted by atomic mass is 35.5. The first-order chi connectivity index (χ1) is 10.2. The van der Waals surface area contributed by atoms with Crippen molar-refractivity contribution in [3.05, 3.63) is 54.0 Å². The standard InChI is InChI=1S/C16H16ClFN2O/c1-11(10-12-4-3-9-21-12)20-14-6-2-5-13(18)16(14)19-15(20)7-8-17/h2-6,9,11H,7-8,10H2,1H3. The van der Waals surface area contributed by atoms with Gasteiger partial charge in [0.2, 0.25) is 0 Å². The topological polar surface area (TPSA) is 31.0 Å². The molecule has 0 saturated carbocycles. The number of furan rings is 1. The third-order valence-corrected chi connectivity index (χ3v) is 3.77. The van der Waals surface area contributed by atoms with Crippen LogP contribution in [-0.4, -0.2) is 15.4 Å². The van der Waals surface area contributed by atoms with Crippen molar-refractivity contribution in [1.82, 2.24) is 9.55 Å². The Hall–Kier alpha value is -1.81. The van der Waals surface area contributed by atoms with Gasteiger partial charge >= 0.3 is 0 Å². The van der Waals surface area contributed by atoms with Crippen molar-refractivity contribution in [2.24, 2.45) is 0 Å². The number of halogens is 2. The fourth-order valence-corrected chi connectivity index (χ4v) is 2.86. The molecule has 2 aromatic heterocycles. The van der Waals surface area contributed by atoms with E-state index in [2.05, 4.69) is 16.5 Å². The summed E-state index contributed by atoms with van der Waals surface area (Å²) < 4.78 is 21.4. The van der Waals surface area contributed by atoms with E-state index < -0.39 is 0 Å². The number of benzene rings is 1. The van der Waals surface area contributed by atoms with Gasteiger partial charge in [-0.05, 0) is 31.2 Å². The Labute approximate surface area is 127 Å². The van der Waals surface area contributed by atoms with E-state index in [-0.39, 0.29) is 11.9 Å². The molecule has 5 heteroatoms. The van der Waals surface area contributed by atoms with Crippen molar-refractivity contribution in [3.63, 3.8) is 0 Å². The molecule has 0 spiro atoms. The molecule has 0 aliphatic carbocycles. The van der Waals surface area contributed by atoms with Crippen LogP contribution in [-0.2, 0) is 12.8 Å². The Morgan fingerprint density at radius 1 is 1.33 bits per heavy atom. The Bertz CT molecular complexity index is 736. The van der Waals surface area contributed by atoms with Crippen molar-refractivity contribution in [2.75, 3.05) is 5.88 Å². The van der Waals surface area contributed by atoms with Gasteiger partial charge in [0.15, 0.2) is 5.82 Å². The van der Waals surface area contributed by atoms with E-state index >= 15 is 0 Å². The van der Waals surface area contributed by atoms with Gasteiger partial charge in [-0.15, -0.1) is 11.6 Å². The van der Waals surface area contributed by atoms with Crippen LogP contribution in [0.4, 0.5) is 4.39 Å². The molecule has 0 bridgehead atoms. The van der Waals surface area contributed by atoms with Gasteiger partial charge in [-0.25, -0.2) is 9.37 Å². The minimum Gasteiger partial charge on any atom is -0.469 e. The third-order valence-electron chi connectivity index (χ3n) is 3.58. The average molecular weight is 307 g/mol. The number of nitrogens with zero attached hydrogens (tertiary/aromatic N) is 2. The van der Waals surface area contributed by atoms with E-state index in [1.165, 1.54) is 6.07 Å². The van der Waals surface area contributed by atoms with Crippen LogP contribution >= 0.6 is 11.6 Å². The van der Waals surface area contributed by atoms with Crippen molar-refractivity contribution >= 4 is 22.6 Å². The number of hydrogen-bond acceptors (Lipinski definition) is 2. The van der Waals surface area contributed by atoms with Crippen LogP contribution in [0.2, 0.25) is 0 Å². The summed E-state index contributed by atoms with van der Waals surface area (Å²) in [5.74, 6) is 1.87. The quantitative estimate of drug-likeness (QED) is 0.656. The molecule has 3 aromatic rings. The number of aromatic nitrogens is 2. The first kappa shape index (κ1) is 14.1. The van der Waals surface area contributed by atoms with Crippen LogP contribution < -0.4 is 0 Å². The second-order valence-electron chi connectivity index (χ2n) is 5.08. The second kappa shape index (κ2) is 5.90. The summed E-state index contributed by atoms with van der Waals surface area (Å²) in [5.41, 5.74) is 1.21. The fraction of sp³-hybridized carbons (Fsp3) is 0.312. The van der Waals surface area contributed by atoms with Gasteiger partial charge in [0.1, 0.15) is 17.1 Å². The maximum Gasteiger partial charge on any atom is 0.151 e. The van der Waals surface area contributed by atoms with Gasteiger partial charge in [-0.1, -0.05) is 6.07 Å². The van der Waals surface area contributed by atoms with Crippen LogP contribution in [0.15, 0.2) is 41.0 Å². The highest BCUT2D eigenvalue weighted by Crippen LogP contribution is 2.26. The lowest BCUT2D eigenvalue weighted by atomic mass is 10.1.